The molecule has 1 unspecified atom stereocenters. The van der Waals surface area contributed by atoms with Gasteiger partial charge in [0.25, 0.3) is 0 Å². The van der Waals surface area contributed by atoms with E-state index in [1.54, 1.807) is 0 Å². The number of nitrogens with zero attached hydrogens (tertiary/aromatic N) is 2. The van der Waals surface area contributed by atoms with Crippen LogP contribution >= 0.6 is 8.01 Å². The lowest BCUT2D eigenvalue weighted by atomic mass is 10.1. The summed E-state index contributed by atoms with van der Waals surface area (Å²) in [5, 5.41) is 8.40. The molecule has 1 atom stereocenters. The van der Waals surface area contributed by atoms with E-state index in [-0.39, 0.29) is 11.1 Å². The summed E-state index contributed by atoms with van der Waals surface area (Å²) < 4.78 is 8.63. The average Bonchev–Trinajstić information content (AvgIpc) is 2.08. The van der Waals surface area contributed by atoms with E-state index in [1.807, 2.05) is 0 Å². The molecule has 0 aromatic rings. The highest BCUT2D eigenvalue weighted by Gasteiger charge is 2.29. The van der Waals surface area contributed by atoms with Crippen LogP contribution in [0.5, 0.6) is 0 Å². The van der Waals surface area contributed by atoms with Crippen molar-refractivity contribution in [1.29, 1.82) is 0 Å². The van der Waals surface area contributed by atoms with Crippen molar-refractivity contribution in [2.75, 3.05) is 6.17 Å². The fourth-order valence-corrected chi connectivity index (χ4v) is 6.32. The van der Waals surface area contributed by atoms with Crippen molar-refractivity contribution in [2.24, 2.45) is 4.74 Å². The minimum absolute atomic E-state index is 0.0426. The Balaban J connectivity index is 4.83. The van der Waals surface area contributed by atoms with E-state index in [4.69, 9.17) is 9.83 Å². The van der Waals surface area contributed by atoms with E-state index in [1.165, 1.54) is 0 Å². The zero-order valence-corrected chi connectivity index (χ0v) is 17.0. The van der Waals surface area contributed by atoms with Gasteiger partial charge in [0.2, 0.25) is 8.01 Å². The number of rotatable bonds is 6. The van der Waals surface area contributed by atoms with Crippen molar-refractivity contribution in [3.05, 3.63) is 5.09 Å². The molecule has 4 nitrogen and oxygen atoms in total. The molecule has 20 heavy (non-hydrogen) atoms. The summed E-state index contributed by atoms with van der Waals surface area (Å²) in [6, 6.07) is 0.320. The zero-order valence-electron chi connectivity index (χ0n) is 15.1. The molecule has 0 spiro atoms. The van der Waals surface area contributed by atoms with Crippen molar-refractivity contribution in [2.45, 2.75) is 85.6 Å². The number of hydrogen-bond acceptors (Lipinski definition) is 2. The van der Waals surface area contributed by atoms with Gasteiger partial charge in [-0.2, -0.15) is 4.75 Å². The third kappa shape index (κ3) is 12.0. The summed E-state index contributed by atoms with van der Waals surface area (Å²) in [7, 11) is -2.36. The maximum Gasteiger partial charge on any atom is 0.206 e. The van der Waals surface area contributed by atoms with E-state index in [2.05, 4.69) is 78.6 Å². The Morgan fingerprint density at radius 1 is 1.10 bits per heavy atom. The molecule has 2 N–H and O–H groups in total. The van der Waals surface area contributed by atoms with E-state index < -0.39 is 16.3 Å². The quantitative estimate of drug-likeness (QED) is 0.547. The third-order valence-corrected chi connectivity index (χ3v) is 7.95. The predicted octanol–water partition coefficient (Wildman–Crippen LogP) is 4.78. The van der Waals surface area contributed by atoms with Gasteiger partial charge in [0.05, 0.1) is 5.54 Å². The first-order valence-electron chi connectivity index (χ1n) is 7.47. The van der Waals surface area contributed by atoms with E-state index in [0.717, 1.165) is 6.17 Å². The summed E-state index contributed by atoms with van der Waals surface area (Å²) in [6.07, 6.45) is 1.03. The van der Waals surface area contributed by atoms with Crippen molar-refractivity contribution >= 4 is 16.3 Å². The van der Waals surface area contributed by atoms with Gasteiger partial charge in [-0.15, -0.1) is 6.04 Å². The molecule has 6 heteroatoms. The second kappa shape index (κ2) is 7.46. The maximum absolute atomic E-state index is 4.87. The average molecular weight is 319 g/mol. The van der Waals surface area contributed by atoms with Crippen LogP contribution in [0.3, 0.4) is 0 Å². The Hall–Kier alpha value is 0.197. The highest BCUT2D eigenvalue weighted by atomic mass is 31.1. The molecule has 0 bridgehead atoms. The van der Waals surface area contributed by atoms with E-state index in [0.29, 0.717) is 6.04 Å². The molecule has 120 valence electrons. The third-order valence-electron chi connectivity index (χ3n) is 2.20. The van der Waals surface area contributed by atoms with Crippen LogP contribution in [0.4, 0.5) is 0 Å². The molecule has 0 aromatic heterocycles. The summed E-state index contributed by atoms with van der Waals surface area (Å²) >= 11 is 0. The maximum atomic E-state index is 4.87. The molecule has 0 aliphatic rings. The summed E-state index contributed by atoms with van der Waals surface area (Å²) in [5.74, 6) is 0. The van der Waals surface area contributed by atoms with Gasteiger partial charge in [0.1, 0.15) is 0 Å². The van der Waals surface area contributed by atoms with E-state index in [9.17, 15) is 0 Å². The van der Waals surface area contributed by atoms with Crippen LogP contribution < -0.4 is 10.1 Å². The largest absolute Gasteiger partial charge is 0.400 e. The molecule has 0 aromatic carbocycles. The molecule has 0 aliphatic heterocycles. The molecule has 0 saturated heterocycles. The van der Waals surface area contributed by atoms with Crippen LogP contribution in [0.15, 0.2) is 4.74 Å². The van der Waals surface area contributed by atoms with Gasteiger partial charge in [-0.3, -0.25) is 0 Å². The summed E-state index contributed by atoms with van der Waals surface area (Å²) in [5.41, 5.74) is 0.115. The van der Waals surface area contributed by atoms with Gasteiger partial charge in [0, 0.05) is 11.7 Å². The minimum atomic E-state index is -1.56. The minimum Gasteiger partial charge on any atom is -0.400 e. The van der Waals surface area contributed by atoms with E-state index >= 15 is 0 Å². The molecular weight excluding hydrogens is 283 g/mol. The van der Waals surface area contributed by atoms with Gasteiger partial charge < -0.3 is 10.4 Å². The lowest BCUT2D eigenvalue weighted by molar-refractivity contribution is 0.455. The molecule has 0 fully saturated rings. The van der Waals surface area contributed by atoms with Crippen LogP contribution in [-0.2, 0) is 0 Å². The topological polar surface area (TPSA) is 50.5 Å². The van der Waals surface area contributed by atoms with Crippen LogP contribution in [0.1, 0.15) is 55.4 Å². The molecule has 0 saturated carbocycles. The SMILES string of the molecule is CC(C)[N-][P+](=NC(C)(C)C)N[Si](C)(C)CNC(C)(C)C. The van der Waals surface area contributed by atoms with Gasteiger partial charge >= 0.3 is 0 Å². The second-order valence-electron chi connectivity index (χ2n) is 8.37. The summed E-state index contributed by atoms with van der Waals surface area (Å²) in [6.45, 7) is 22.0. The lowest BCUT2D eigenvalue weighted by Gasteiger charge is -2.29. The van der Waals surface area contributed by atoms with Gasteiger partial charge in [0.15, 0.2) is 8.24 Å². The standard InChI is InChI=1S/C14H35N4PSi/c1-12(2)16-19(17-14(6,7)8)18-20(9,10)11-15-13(3,4)5/h12,15H,11H2,1-10H3,(H,16,17,18). The van der Waals surface area contributed by atoms with Crippen LogP contribution in [-0.4, -0.2) is 31.5 Å². The first-order chi connectivity index (χ1) is 8.70. The van der Waals surface area contributed by atoms with Crippen molar-refractivity contribution in [3.63, 3.8) is 0 Å². The smallest absolute Gasteiger partial charge is 0.206 e. The van der Waals surface area contributed by atoms with Crippen LogP contribution in [0, 0.1) is 0 Å². The highest BCUT2D eigenvalue weighted by molar-refractivity contribution is 7.51. The monoisotopic (exact) mass is 318 g/mol. The molecule has 0 aliphatic carbocycles. The Kier molecular flexibility index (Phi) is 7.53. The Morgan fingerprint density at radius 2 is 1.60 bits per heavy atom. The number of hydrogen-bond donors (Lipinski definition) is 2. The Bertz CT molecular complexity index is 327. The lowest BCUT2D eigenvalue weighted by Crippen LogP contribution is -2.54. The van der Waals surface area contributed by atoms with Gasteiger partial charge in [-0.1, -0.05) is 31.7 Å². The zero-order chi connectivity index (χ0) is 16.2. The Morgan fingerprint density at radius 3 is 1.95 bits per heavy atom. The summed E-state index contributed by atoms with van der Waals surface area (Å²) in [4.78, 5) is 0. The fourth-order valence-electron chi connectivity index (χ4n) is 1.38. The molecule has 0 amide bonds. The molecule has 0 radical (unpaired) electrons. The normalized spacial score (nSPS) is 15.1. The highest BCUT2D eigenvalue weighted by Crippen LogP contribution is 2.36. The molecule has 0 rings (SSSR count). The van der Waals surface area contributed by atoms with Crippen LogP contribution in [0.25, 0.3) is 5.09 Å². The van der Waals surface area contributed by atoms with Crippen LogP contribution in [0.2, 0.25) is 13.1 Å². The molecule has 0 heterocycles. The second-order valence-corrected chi connectivity index (χ2v) is 14.4. The first-order valence-corrected chi connectivity index (χ1v) is 11.9. The first kappa shape index (κ1) is 20.2. The fraction of sp³-hybridized carbons (Fsp3) is 1.00. The molecular formula is C14H35N4PSi. The number of nitrogens with one attached hydrogen (secondary N) is 2. The predicted molar refractivity (Wildman–Crippen MR) is 96.0 cm³/mol. The van der Waals surface area contributed by atoms with Gasteiger partial charge in [-0.05, 0) is 41.5 Å². The van der Waals surface area contributed by atoms with Crippen molar-refractivity contribution in [3.8, 4) is 0 Å². The Labute approximate surface area is 128 Å². The van der Waals surface area contributed by atoms with Crippen molar-refractivity contribution in [1.82, 2.24) is 10.1 Å². The van der Waals surface area contributed by atoms with Gasteiger partial charge in [-0.25, -0.2) is 0 Å². The van der Waals surface area contributed by atoms with Crippen molar-refractivity contribution < 1.29 is 0 Å².